The average Bonchev–Trinajstić information content (AvgIpc) is 3.24. The van der Waals surface area contributed by atoms with Gasteiger partial charge in [0, 0.05) is 25.4 Å². The minimum atomic E-state index is -0.485. The molecule has 4 aromatic rings. The van der Waals surface area contributed by atoms with Crippen LogP contribution in [0.25, 0.3) is 22.4 Å². The van der Waals surface area contributed by atoms with Crippen LogP contribution in [-0.2, 0) is 4.74 Å². The second-order valence-corrected chi connectivity index (χ2v) is 7.46. The lowest BCUT2D eigenvalue weighted by Crippen LogP contribution is -2.41. The zero-order chi connectivity index (χ0) is 22.1. The Hall–Kier alpha value is -3.63. The summed E-state index contributed by atoms with van der Waals surface area (Å²) in [6, 6.07) is 7.70. The van der Waals surface area contributed by atoms with Crippen LogP contribution in [0, 0.1) is 5.82 Å². The maximum atomic E-state index is 14.3. The van der Waals surface area contributed by atoms with Crippen LogP contribution < -0.4 is 5.32 Å². The highest BCUT2D eigenvalue weighted by molar-refractivity contribution is 6.33. The highest BCUT2D eigenvalue weighted by atomic mass is 35.5. The molecule has 0 aliphatic carbocycles. The lowest BCUT2D eigenvalue weighted by atomic mass is 10.2. The Balaban J connectivity index is 1.46. The fourth-order valence-electron chi connectivity index (χ4n) is 3.46. The quantitative estimate of drug-likeness (QED) is 0.487. The van der Waals surface area contributed by atoms with Gasteiger partial charge in [0.15, 0.2) is 5.82 Å². The number of fused-ring (bicyclic) bond motifs is 1. The smallest absolute Gasteiger partial charge is 0.272 e. The molecule has 1 amide bonds. The molecule has 5 rings (SSSR count). The third kappa shape index (κ3) is 3.85. The van der Waals surface area contributed by atoms with E-state index in [-0.39, 0.29) is 28.0 Å². The van der Waals surface area contributed by atoms with Crippen molar-refractivity contribution in [1.29, 1.82) is 0 Å². The number of amides is 1. The van der Waals surface area contributed by atoms with E-state index in [0.717, 1.165) is 0 Å². The number of H-pyrrole nitrogens is 1. The highest BCUT2D eigenvalue weighted by Gasteiger charge is 2.21. The van der Waals surface area contributed by atoms with Gasteiger partial charge in [-0.3, -0.25) is 4.79 Å². The van der Waals surface area contributed by atoms with Crippen molar-refractivity contribution in [1.82, 2.24) is 29.8 Å². The second kappa shape index (κ2) is 8.48. The summed E-state index contributed by atoms with van der Waals surface area (Å²) in [5.74, 6) is 0.405. The Labute approximate surface area is 186 Å². The summed E-state index contributed by atoms with van der Waals surface area (Å²) in [5, 5.41) is 3.33. The number of nitrogens with zero attached hydrogens (tertiary/aromatic N) is 5. The van der Waals surface area contributed by atoms with Crippen molar-refractivity contribution >= 4 is 40.2 Å². The van der Waals surface area contributed by atoms with Crippen molar-refractivity contribution in [3.63, 3.8) is 0 Å². The van der Waals surface area contributed by atoms with E-state index < -0.39 is 5.82 Å². The summed E-state index contributed by atoms with van der Waals surface area (Å²) in [4.78, 5) is 34.6. The Bertz CT molecular complexity index is 1290. The van der Waals surface area contributed by atoms with Gasteiger partial charge in [-0.1, -0.05) is 17.7 Å². The van der Waals surface area contributed by atoms with Gasteiger partial charge in [0.2, 0.25) is 0 Å². The number of ether oxygens (including phenoxy) is 1. The highest BCUT2D eigenvalue weighted by Crippen LogP contribution is 2.31. The summed E-state index contributed by atoms with van der Waals surface area (Å²) >= 11 is 6.18. The number of imidazole rings is 1. The number of nitrogens with one attached hydrogen (secondary N) is 2. The predicted octanol–water partition coefficient (Wildman–Crippen LogP) is 3.42. The van der Waals surface area contributed by atoms with Crippen LogP contribution in [0.3, 0.4) is 0 Å². The SMILES string of the molecule is O=C(c1cc(Nc2nccc3nc(-c4c(F)cccc4Cl)[nH]c23)ncn1)N1CCOCC1. The van der Waals surface area contributed by atoms with Gasteiger partial charge in [0.1, 0.15) is 35.0 Å². The normalized spacial score (nSPS) is 14.0. The molecule has 32 heavy (non-hydrogen) atoms. The first-order valence-electron chi connectivity index (χ1n) is 9.85. The topological polar surface area (TPSA) is 109 Å². The van der Waals surface area contributed by atoms with E-state index in [1.807, 2.05) is 0 Å². The number of hydrogen-bond donors (Lipinski definition) is 2. The number of carbonyl (C=O) groups excluding carboxylic acids is 1. The molecule has 0 atom stereocenters. The molecule has 0 unspecified atom stereocenters. The molecule has 4 heterocycles. The molecule has 162 valence electrons. The number of benzene rings is 1. The van der Waals surface area contributed by atoms with Gasteiger partial charge >= 0.3 is 0 Å². The molecule has 0 radical (unpaired) electrons. The van der Waals surface area contributed by atoms with Gasteiger partial charge in [-0.15, -0.1) is 0 Å². The number of aromatic amines is 1. The van der Waals surface area contributed by atoms with Crippen molar-refractivity contribution in [3.05, 3.63) is 59.4 Å². The van der Waals surface area contributed by atoms with Gasteiger partial charge in [-0.25, -0.2) is 24.3 Å². The predicted molar refractivity (Wildman–Crippen MR) is 116 cm³/mol. The van der Waals surface area contributed by atoms with Crippen molar-refractivity contribution in [3.8, 4) is 11.4 Å². The molecule has 1 fully saturated rings. The average molecular weight is 454 g/mol. The second-order valence-electron chi connectivity index (χ2n) is 7.05. The molecule has 1 aromatic carbocycles. The van der Waals surface area contributed by atoms with Crippen LogP contribution in [0.5, 0.6) is 0 Å². The van der Waals surface area contributed by atoms with E-state index in [1.165, 1.54) is 18.5 Å². The monoisotopic (exact) mass is 453 g/mol. The van der Waals surface area contributed by atoms with E-state index in [9.17, 15) is 9.18 Å². The Morgan fingerprint density at radius 3 is 2.84 bits per heavy atom. The van der Waals surface area contributed by atoms with Crippen LogP contribution in [0.4, 0.5) is 16.0 Å². The first-order valence-corrected chi connectivity index (χ1v) is 10.2. The minimum absolute atomic E-state index is 0.178. The number of morpholine rings is 1. The number of carbonyl (C=O) groups is 1. The molecular formula is C21H17ClFN7O2. The molecule has 0 spiro atoms. The fourth-order valence-corrected chi connectivity index (χ4v) is 3.72. The summed E-state index contributed by atoms with van der Waals surface area (Å²) in [7, 11) is 0. The number of anilines is 2. The molecular weight excluding hydrogens is 437 g/mol. The van der Waals surface area contributed by atoms with Crippen LogP contribution in [-0.4, -0.2) is 62.0 Å². The first kappa shape index (κ1) is 20.3. The van der Waals surface area contributed by atoms with E-state index in [4.69, 9.17) is 16.3 Å². The zero-order valence-electron chi connectivity index (χ0n) is 16.7. The maximum absolute atomic E-state index is 14.3. The molecule has 9 nitrogen and oxygen atoms in total. The molecule has 1 saturated heterocycles. The molecule has 1 aliphatic rings. The molecule has 2 N–H and O–H groups in total. The maximum Gasteiger partial charge on any atom is 0.272 e. The number of hydrogen-bond acceptors (Lipinski definition) is 7. The van der Waals surface area contributed by atoms with Gasteiger partial charge in [-0.05, 0) is 18.2 Å². The molecule has 0 bridgehead atoms. The van der Waals surface area contributed by atoms with E-state index >= 15 is 0 Å². The number of pyridine rings is 1. The van der Waals surface area contributed by atoms with Gasteiger partial charge in [-0.2, -0.15) is 0 Å². The lowest BCUT2D eigenvalue weighted by Gasteiger charge is -2.26. The van der Waals surface area contributed by atoms with E-state index in [2.05, 4.69) is 30.2 Å². The van der Waals surface area contributed by atoms with Crippen LogP contribution >= 0.6 is 11.6 Å². The summed E-state index contributed by atoms with van der Waals surface area (Å²) in [6.45, 7) is 2.04. The molecule has 0 saturated carbocycles. The molecule has 3 aromatic heterocycles. The number of rotatable bonds is 4. The minimum Gasteiger partial charge on any atom is -0.378 e. The molecule has 11 heteroatoms. The van der Waals surface area contributed by atoms with Crippen LogP contribution in [0.1, 0.15) is 10.5 Å². The Morgan fingerprint density at radius 2 is 2.03 bits per heavy atom. The first-order chi connectivity index (χ1) is 15.6. The van der Waals surface area contributed by atoms with Crippen molar-refractivity contribution in [2.45, 2.75) is 0 Å². The summed E-state index contributed by atoms with van der Waals surface area (Å²) in [6.07, 6.45) is 2.88. The Morgan fingerprint density at radius 1 is 1.19 bits per heavy atom. The summed E-state index contributed by atoms with van der Waals surface area (Å²) < 4.78 is 19.6. The van der Waals surface area contributed by atoms with Crippen LogP contribution in [0.2, 0.25) is 5.02 Å². The number of aromatic nitrogens is 5. The Kier molecular flexibility index (Phi) is 5.38. The molecule has 1 aliphatic heterocycles. The van der Waals surface area contributed by atoms with Crippen molar-refractivity contribution in [2.75, 3.05) is 31.6 Å². The largest absolute Gasteiger partial charge is 0.378 e. The van der Waals surface area contributed by atoms with Crippen molar-refractivity contribution in [2.24, 2.45) is 0 Å². The number of halogens is 2. The van der Waals surface area contributed by atoms with Gasteiger partial charge < -0.3 is 19.9 Å². The van der Waals surface area contributed by atoms with Crippen LogP contribution in [0.15, 0.2) is 42.9 Å². The standard InChI is InChI=1S/C21H17ClFN7O2/c22-12-2-1-3-13(23)17(12)19-27-14-4-5-24-20(18(14)29-19)28-16-10-15(25-11-26-16)21(31)30-6-8-32-9-7-30/h1-5,10-11H,6-9H2,(H,27,29)(H,24,25,26,28). The summed E-state index contributed by atoms with van der Waals surface area (Å²) in [5.41, 5.74) is 1.55. The van der Waals surface area contributed by atoms with E-state index in [0.29, 0.717) is 49.0 Å². The third-order valence-corrected chi connectivity index (χ3v) is 5.35. The van der Waals surface area contributed by atoms with E-state index in [1.54, 1.807) is 29.3 Å². The van der Waals surface area contributed by atoms with Gasteiger partial charge in [0.05, 0.1) is 29.3 Å². The van der Waals surface area contributed by atoms with Gasteiger partial charge in [0.25, 0.3) is 5.91 Å². The fraction of sp³-hybridized carbons (Fsp3) is 0.190. The third-order valence-electron chi connectivity index (χ3n) is 5.04. The lowest BCUT2D eigenvalue weighted by molar-refractivity contribution is 0.0299. The van der Waals surface area contributed by atoms with Crippen molar-refractivity contribution < 1.29 is 13.9 Å². The zero-order valence-corrected chi connectivity index (χ0v) is 17.4.